The quantitative estimate of drug-likeness (QED) is 0.203. The molecule has 6 nitrogen and oxygen atoms in total. The molecule has 2 N–H and O–H groups in total. The van der Waals surface area contributed by atoms with Gasteiger partial charge in [-0.1, -0.05) is 61.1 Å². The Balaban J connectivity index is -0.00000108. The fourth-order valence-corrected chi connectivity index (χ4v) is 1.70. The summed E-state index contributed by atoms with van der Waals surface area (Å²) in [5.41, 5.74) is 0. The number of hydrogen-bond donors (Lipinski definition) is 2. The second-order valence-electron chi connectivity index (χ2n) is 5.98. The SMILES string of the molecule is CC.CNCCCCOCCOCCOCCC(=O)NCC#CC(C)C.CSSC. The molecule has 0 fully saturated rings. The monoisotopic (exact) mass is 466 g/mol. The van der Waals surface area contributed by atoms with Crippen LogP contribution < -0.4 is 10.6 Å². The zero-order valence-electron chi connectivity index (χ0n) is 20.3. The second-order valence-corrected chi connectivity index (χ2v) is 8.65. The lowest BCUT2D eigenvalue weighted by atomic mass is 10.2. The van der Waals surface area contributed by atoms with Gasteiger partial charge in [-0.05, 0) is 38.9 Å². The van der Waals surface area contributed by atoms with Gasteiger partial charge in [0, 0.05) is 18.9 Å². The lowest BCUT2D eigenvalue weighted by Gasteiger charge is -2.07. The molecule has 0 aromatic carbocycles. The first-order valence-electron chi connectivity index (χ1n) is 10.8. The summed E-state index contributed by atoms with van der Waals surface area (Å²) in [7, 11) is 5.50. The molecule has 0 aromatic rings. The maximum Gasteiger partial charge on any atom is 0.223 e. The fraction of sp³-hybridized carbons (Fsp3) is 0.864. The van der Waals surface area contributed by atoms with E-state index >= 15 is 0 Å². The highest BCUT2D eigenvalue weighted by molar-refractivity contribution is 8.76. The van der Waals surface area contributed by atoms with Gasteiger partial charge in [-0.25, -0.2) is 0 Å². The normalized spacial score (nSPS) is 9.60. The van der Waals surface area contributed by atoms with Crippen LogP contribution in [-0.2, 0) is 19.0 Å². The summed E-state index contributed by atoms with van der Waals surface area (Å²) in [5.74, 6) is 6.19. The van der Waals surface area contributed by atoms with Crippen molar-refractivity contribution in [2.45, 2.75) is 47.0 Å². The molecule has 0 spiro atoms. The van der Waals surface area contributed by atoms with Crippen molar-refractivity contribution in [3.05, 3.63) is 0 Å². The first-order valence-corrected chi connectivity index (χ1v) is 13.7. The number of hydrogen-bond acceptors (Lipinski definition) is 7. The second kappa shape index (κ2) is 33.2. The molecule has 1 amide bonds. The smallest absolute Gasteiger partial charge is 0.223 e. The van der Waals surface area contributed by atoms with Gasteiger partial charge in [0.25, 0.3) is 0 Å². The highest BCUT2D eigenvalue weighted by atomic mass is 33.1. The molecule has 0 rings (SSSR count). The topological polar surface area (TPSA) is 68.8 Å². The number of nitrogens with one attached hydrogen (secondary N) is 2. The predicted octanol–water partition coefficient (Wildman–Crippen LogP) is 3.86. The van der Waals surface area contributed by atoms with Crippen LogP contribution in [0.15, 0.2) is 0 Å². The van der Waals surface area contributed by atoms with Crippen molar-refractivity contribution in [1.82, 2.24) is 10.6 Å². The minimum Gasteiger partial charge on any atom is -0.379 e. The molecule has 0 aromatic heterocycles. The van der Waals surface area contributed by atoms with E-state index in [-0.39, 0.29) is 5.91 Å². The van der Waals surface area contributed by atoms with Crippen LogP contribution in [0.1, 0.15) is 47.0 Å². The number of carbonyl (C=O) groups excluding carboxylic acids is 1. The summed E-state index contributed by atoms with van der Waals surface area (Å²) >= 11 is 0. The van der Waals surface area contributed by atoms with Crippen LogP contribution >= 0.6 is 21.6 Å². The van der Waals surface area contributed by atoms with Gasteiger partial charge in [0.15, 0.2) is 0 Å². The van der Waals surface area contributed by atoms with Crippen LogP contribution in [0.4, 0.5) is 0 Å². The van der Waals surface area contributed by atoms with E-state index in [1.54, 1.807) is 21.6 Å². The van der Waals surface area contributed by atoms with Crippen molar-refractivity contribution in [3.63, 3.8) is 0 Å². The van der Waals surface area contributed by atoms with Crippen molar-refractivity contribution in [1.29, 1.82) is 0 Å². The number of carbonyl (C=O) groups is 1. The van der Waals surface area contributed by atoms with Crippen LogP contribution in [0.3, 0.4) is 0 Å². The molecule has 0 aliphatic rings. The minimum absolute atomic E-state index is 0.0411. The molecule has 0 radical (unpaired) electrons. The van der Waals surface area contributed by atoms with Crippen molar-refractivity contribution in [3.8, 4) is 11.8 Å². The average molecular weight is 467 g/mol. The first-order chi connectivity index (χ1) is 14.6. The van der Waals surface area contributed by atoms with E-state index in [0.717, 1.165) is 26.0 Å². The molecule has 0 bridgehead atoms. The molecule has 0 heterocycles. The lowest BCUT2D eigenvalue weighted by Crippen LogP contribution is -2.25. The Morgan fingerprint density at radius 3 is 1.93 bits per heavy atom. The van der Waals surface area contributed by atoms with E-state index in [1.165, 1.54) is 0 Å². The van der Waals surface area contributed by atoms with E-state index in [0.29, 0.717) is 51.9 Å². The van der Waals surface area contributed by atoms with E-state index in [1.807, 2.05) is 34.7 Å². The van der Waals surface area contributed by atoms with Crippen LogP contribution in [-0.4, -0.2) is 78.2 Å². The standard InChI is InChI=1S/C18H34N2O4.C2H6S2.C2H6/c1-17(2)7-6-10-20-18(21)8-12-23-14-16-24-15-13-22-11-5-4-9-19-3;1-3-4-2;1-2/h17,19H,4-5,8-16H2,1-3H3,(H,20,21);1-2H3;1-2H3. The van der Waals surface area contributed by atoms with Crippen molar-refractivity contribution >= 4 is 27.5 Å². The molecule has 180 valence electrons. The third-order valence-corrected chi connectivity index (χ3v) is 4.45. The Labute approximate surface area is 194 Å². The summed E-state index contributed by atoms with van der Waals surface area (Å²) in [6.07, 6.45) is 6.66. The molecule has 0 aliphatic heterocycles. The highest BCUT2D eigenvalue weighted by Gasteiger charge is 1.99. The third kappa shape index (κ3) is 38.2. The molecule has 8 heteroatoms. The summed E-state index contributed by atoms with van der Waals surface area (Å²) in [6.45, 7) is 12.8. The first kappa shape index (κ1) is 34.2. The Hall–Kier alpha value is -0.430. The van der Waals surface area contributed by atoms with E-state index in [9.17, 15) is 4.79 Å². The number of ether oxygens (including phenoxy) is 3. The molecule has 0 atom stereocenters. The van der Waals surface area contributed by atoms with Gasteiger partial charge in [0.1, 0.15) is 0 Å². The van der Waals surface area contributed by atoms with E-state index in [4.69, 9.17) is 14.2 Å². The van der Waals surface area contributed by atoms with Crippen LogP contribution in [0, 0.1) is 17.8 Å². The highest BCUT2D eigenvalue weighted by Crippen LogP contribution is 2.09. The zero-order chi connectivity index (χ0) is 23.3. The largest absolute Gasteiger partial charge is 0.379 e. The summed E-state index contributed by atoms with van der Waals surface area (Å²) < 4.78 is 16.2. The van der Waals surface area contributed by atoms with Crippen molar-refractivity contribution in [2.75, 3.05) is 72.3 Å². The maximum atomic E-state index is 11.5. The third-order valence-electron chi connectivity index (χ3n) is 3.11. The van der Waals surface area contributed by atoms with Crippen LogP contribution in [0.2, 0.25) is 0 Å². The van der Waals surface area contributed by atoms with Gasteiger partial charge >= 0.3 is 0 Å². The molecular weight excluding hydrogens is 420 g/mol. The summed E-state index contributed by atoms with van der Waals surface area (Å²) in [5, 5.41) is 5.84. The van der Waals surface area contributed by atoms with Gasteiger partial charge < -0.3 is 24.8 Å². The Kier molecular flexibility index (Phi) is 37.9. The lowest BCUT2D eigenvalue weighted by molar-refractivity contribution is -0.122. The van der Waals surface area contributed by atoms with E-state index < -0.39 is 0 Å². The maximum absolute atomic E-state index is 11.5. The number of rotatable bonds is 16. The fourth-order valence-electron chi connectivity index (χ4n) is 1.70. The average Bonchev–Trinajstić information content (AvgIpc) is 2.76. The number of amides is 1. The Bertz CT molecular complexity index is 387. The molecule has 30 heavy (non-hydrogen) atoms. The van der Waals surface area contributed by atoms with Crippen molar-refractivity contribution in [2.24, 2.45) is 5.92 Å². The van der Waals surface area contributed by atoms with Gasteiger partial charge in [0.05, 0.1) is 39.6 Å². The van der Waals surface area contributed by atoms with Gasteiger partial charge in [-0.15, -0.1) is 0 Å². The molecular formula is C22H46N2O4S2. The van der Waals surface area contributed by atoms with Crippen molar-refractivity contribution < 1.29 is 19.0 Å². The number of unbranched alkanes of at least 4 members (excludes halogenated alkanes) is 1. The van der Waals surface area contributed by atoms with Gasteiger partial charge in [-0.2, -0.15) is 0 Å². The minimum atomic E-state index is -0.0411. The molecule has 0 saturated carbocycles. The molecule has 0 unspecified atom stereocenters. The van der Waals surface area contributed by atoms with Crippen LogP contribution in [0.5, 0.6) is 0 Å². The summed E-state index contributed by atoms with van der Waals surface area (Å²) in [4.78, 5) is 11.5. The Morgan fingerprint density at radius 2 is 1.43 bits per heavy atom. The predicted molar refractivity (Wildman–Crippen MR) is 134 cm³/mol. The van der Waals surface area contributed by atoms with Gasteiger partial charge in [-0.3, -0.25) is 4.79 Å². The Morgan fingerprint density at radius 1 is 0.900 bits per heavy atom. The summed E-state index contributed by atoms with van der Waals surface area (Å²) in [6, 6.07) is 0. The molecule has 0 saturated heterocycles. The molecule has 0 aliphatic carbocycles. The van der Waals surface area contributed by atoms with E-state index in [2.05, 4.69) is 35.0 Å². The van der Waals surface area contributed by atoms with Crippen LogP contribution in [0.25, 0.3) is 0 Å². The van der Waals surface area contributed by atoms with Gasteiger partial charge in [0.2, 0.25) is 5.91 Å². The zero-order valence-corrected chi connectivity index (χ0v) is 21.9.